The number of halogens is 3. The van der Waals surface area contributed by atoms with E-state index in [2.05, 4.69) is 5.32 Å². The summed E-state index contributed by atoms with van der Waals surface area (Å²) in [6.45, 7) is 2.57. The normalized spacial score (nSPS) is 17.6. The molecule has 4 nitrogen and oxygen atoms in total. The number of phenols is 2. The van der Waals surface area contributed by atoms with Crippen LogP contribution in [0.15, 0.2) is 12.1 Å². The van der Waals surface area contributed by atoms with E-state index in [1.54, 1.807) is 4.90 Å². The van der Waals surface area contributed by atoms with Crippen molar-refractivity contribution in [1.82, 2.24) is 10.2 Å². The van der Waals surface area contributed by atoms with E-state index in [9.17, 15) is 23.4 Å². The molecule has 0 spiro atoms. The number of piperazine rings is 1. The van der Waals surface area contributed by atoms with Crippen LogP contribution in [0, 0.1) is 0 Å². The molecule has 0 amide bonds. The summed E-state index contributed by atoms with van der Waals surface area (Å²) in [6, 6.07) is 1.66. The second kappa shape index (κ2) is 5.26. The van der Waals surface area contributed by atoms with E-state index in [0.717, 1.165) is 12.1 Å². The fourth-order valence-electron chi connectivity index (χ4n) is 2.14. The Morgan fingerprint density at radius 1 is 1.16 bits per heavy atom. The second-order valence-corrected chi connectivity index (χ2v) is 4.48. The molecule has 1 saturated heterocycles. The Morgan fingerprint density at radius 2 is 1.79 bits per heavy atom. The van der Waals surface area contributed by atoms with Crippen molar-refractivity contribution < 1.29 is 23.4 Å². The molecule has 1 aromatic carbocycles. The lowest BCUT2D eigenvalue weighted by molar-refractivity contribution is -0.138. The molecular formula is C12H15F3N2O2. The zero-order valence-electron chi connectivity index (χ0n) is 10.2. The van der Waals surface area contributed by atoms with Crippen LogP contribution in [0.2, 0.25) is 0 Å². The molecule has 1 heterocycles. The highest BCUT2D eigenvalue weighted by Crippen LogP contribution is 2.40. The van der Waals surface area contributed by atoms with Crippen molar-refractivity contribution in [3.8, 4) is 11.5 Å². The van der Waals surface area contributed by atoms with Crippen molar-refractivity contribution in [3.05, 3.63) is 23.3 Å². The molecule has 0 aromatic heterocycles. The van der Waals surface area contributed by atoms with Crippen LogP contribution in [-0.4, -0.2) is 41.3 Å². The van der Waals surface area contributed by atoms with Gasteiger partial charge in [-0.1, -0.05) is 0 Å². The quantitative estimate of drug-likeness (QED) is 0.717. The van der Waals surface area contributed by atoms with Crippen LogP contribution in [0.3, 0.4) is 0 Å². The van der Waals surface area contributed by atoms with Gasteiger partial charge < -0.3 is 15.5 Å². The zero-order valence-corrected chi connectivity index (χ0v) is 10.2. The van der Waals surface area contributed by atoms with Crippen molar-refractivity contribution in [2.45, 2.75) is 12.7 Å². The van der Waals surface area contributed by atoms with Crippen LogP contribution in [0.1, 0.15) is 11.1 Å². The highest BCUT2D eigenvalue weighted by Gasteiger charge is 2.35. The van der Waals surface area contributed by atoms with Crippen molar-refractivity contribution in [3.63, 3.8) is 0 Å². The number of hydrogen-bond acceptors (Lipinski definition) is 4. The Morgan fingerprint density at radius 3 is 2.37 bits per heavy atom. The molecule has 19 heavy (non-hydrogen) atoms. The smallest absolute Gasteiger partial charge is 0.416 e. The van der Waals surface area contributed by atoms with Crippen LogP contribution in [0.4, 0.5) is 13.2 Å². The van der Waals surface area contributed by atoms with E-state index in [4.69, 9.17) is 0 Å². The van der Waals surface area contributed by atoms with E-state index in [-0.39, 0.29) is 12.1 Å². The standard InChI is InChI=1S/C12H15F3N2O2/c13-12(14,15)9-1-2-10(18)11(19)8(9)7-17-5-3-16-4-6-17/h1-2,16,18-19H,3-7H2. The number of rotatable bonds is 2. The van der Waals surface area contributed by atoms with Crippen molar-refractivity contribution in [2.75, 3.05) is 26.2 Å². The number of alkyl halides is 3. The first-order chi connectivity index (χ1) is 8.89. The van der Waals surface area contributed by atoms with Crippen LogP contribution >= 0.6 is 0 Å². The number of aromatic hydroxyl groups is 2. The Balaban J connectivity index is 2.33. The summed E-state index contributed by atoms with van der Waals surface area (Å²) in [5, 5.41) is 22.1. The van der Waals surface area contributed by atoms with E-state index >= 15 is 0 Å². The molecule has 0 atom stereocenters. The first-order valence-corrected chi connectivity index (χ1v) is 5.93. The largest absolute Gasteiger partial charge is 0.504 e. The van der Waals surface area contributed by atoms with E-state index < -0.39 is 23.2 Å². The van der Waals surface area contributed by atoms with Gasteiger partial charge in [0.2, 0.25) is 0 Å². The summed E-state index contributed by atoms with van der Waals surface area (Å²) in [4.78, 5) is 1.81. The minimum Gasteiger partial charge on any atom is -0.504 e. The minimum atomic E-state index is -4.55. The molecule has 0 unspecified atom stereocenters. The first kappa shape index (κ1) is 14.0. The van der Waals surface area contributed by atoms with Crippen LogP contribution in [0.25, 0.3) is 0 Å². The monoisotopic (exact) mass is 276 g/mol. The van der Waals surface area contributed by atoms with Gasteiger partial charge in [0.25, 0.3) is 0 Å². The van der Waals surface area contributed by atoms with E-state index in [1.165, 1.54) is 0 Å². The second-order valence-electron chi connectivity index (χ2n) is 4.48. The van der Waals surface area contributed by atoms with E-state index in [1.807, 2.05) is 0 Å². The Hall–Kier alpha value is -1.47. The highest BCUT2D eigenvalue weighted by atomic mass is 19.4. The van der Waals surface area contributed by atoms with Crippen molar-refractivity contribution in [1.29, 1.82) is 0 Å². The molecular weight excluding hydrogens is 261 g/mol. The van der Waals surface area contributed by atoms with Gasteiger partial charge in [-0.3, -0.25) is 4.90 Å². The minimum absolute atomic E-state index is 0.0310. The zero-order chi connectivity index (χ0) is 14.0. The molecule has 0 saturated carbocycles. The molecule has 0 radical (unpaired) electrons. The SMILES string of the molecule is Oc1ccc(C(F)(F)F)c(CN2CCNCC2)c1O. The number of nitrogens with one attached hydrogen (secondary N) is 1. The lowest BCUT2D eigenvalue weighted by Crippen LogP contribution is -2.43. The highest BCUT2D eigenvalue weighted by molar-refractivity contribution is 5.50. The summed E-state index contributed by atoms with van der Waals surface area (Å²) in [5.41, 5.74) is -1.17. The fraction of sp³-hybridized carbons (Fsp3) is 0.500. The molecule has 1 aliphatic heterocycles. The van der Waals surface area contributed by atoms with Gasteiger partial charge in [0.15, 0.2) is 11.5 Å². The molecule has 0 aliphatic carbocycles. The molecule has 1 aliphatic rings. The summed E-state index contributed by atoms with van der Waals surface area (Å²) in [7, 11) is 0. The number of hydrogen-bond donors (Lipinski definition) is 3. The number of phenolic OH excluding ortho intramolecular Hbond substituents is 2. The third kappa shape index (κ3) is 3.10. The number of nitrogens with zero attached hydrogens (tertiary/aromatic N) is 1. The maximum absolute atomic E-state index is 12.9. The Kier molecular flexibility index (Phi) is 3.86. The fourth-order valence-corrected chi connectivity index (χ4v) is 2.14. The summed E-state index contributed by atoms with van der Waals surface area (Å²) >= 11 is 0. The lowest BCUT2D eigenvalue weighted by Gasteiger charge is -2.28. The maximum atomic E-state index is 12.9. The van der Waals surface area contributed by atoms with Gasteiger partial charge >= 0.3 is 6.18 Å². The van der Waals surface area contributed by atoms with Crippen LogP contribution < -0.4 is 5.32 Å². The van der Waals surface area contributed by atoms with Gasteiger partial charge in [-0.15, -0.1) is 0 Å². The number of benzene rings is 1. The molecule has 1 aromatic rings. The van der Waals surface area contributed by atoms with Crippen LogP contribution in [0.5, 0.6) is 11.5 Å². The molecule has 106 valence electrons. The van der Waals surface area contributed by atoms with E-state index in [0.29, 0.717) is 26.2 Å². The predicted molar refractivity (Wildman–Crippen MR) is 62.9 cm³/mol. The molecule has 1 fully saturated rings. The molecule has 3 N–H and O–H groups in total. The third-order valence-corrected chi connectivity index (χ3v) is 3.16. The van der Waals surface area contributed by atoms with Gasteiger partial charge in [0.05, 0.1) is 5.56 Å². The third-order valence-electron chi connectivity index (χ3n) is 3.16. The van der Waals surface area contributed by atoms with Gasteiger partial charge in [0, 0.05) is 38.3 Å². The summed E-state index contributed by atoms with van der Waals surface area (Å²) < 4.78 is 38.7. The van der Waals surface area contributed by atoms with Gasteiger partial charge in [0.1, 0.15) is 0 Å². The Bertz CT molecular complexity index is 457. The first-order valence-electron chi connectivity index (χ1n) is 5.93. The molecule has 7 heteroatoms. The maximum Gasteiger partial charge on any atom is 0.416 e. The topological polar surface area (TPSA) is 55.7 Å². The summed E-state index contributed by atoms with van der Waals surface area (Å²) in [6.07, 6.45) is -4.55. The molecule has 2 rings (SSSR count). The average molecular weight is 276 g/mol. The lowest BCUT2D eigenvalue weighted by atomic mass is 10.0. The Labute approximate surface area is 108 Å². The van der Waals surface area contributed by atoms with Gasteiger partial charge in [-0.2, -0.15) is 13.2 Å². The van der Waals surface area contributed by atoms with Crippen molar-refractivity contribution in [2.24, 2.45) is 0 Å². The van der Waals surface area contributed by atoms with Gasteiger partial charge in [-0.25, -0.2) is 0 Å². The van der Waals surface area contributed by atoms with Crippen molar-refractivity contribution >= 4 is 0 Å². The summed E-state index contributed by atoms with van der Waals surface area (Å²) in [5.74, 6) is -1.22. The average Bonchev–Trinajstić information content (AvgIpc) is 2.35. The predicted octanol–water partition coefficient (Wildman–Crippen LogP) is 1.52. The van der Waals surface area contributed by atoms with Crippen LogP contribution in [-0.2, 0) is 12.7 Å². The molecule has 0 bridgehead atoms. The van der Waals surface area contributed by atoms with Gasteiger partial charge in [-0.05, 0) is 12.1 Å².